The van der Waals surface area contributed by atoms with Crippen LogP contribution in [0.5, 0.6) is 11.5 Å². The zero-order chi connectivity index (χ0) is 18.7. The van der Waals surface area contributed by atoms with Crippen LogP contribution in [0.4, 0.5) is 0 Å². The van der Waals surface area contributed by atoms with E-state index in [1.807, 2.05) is 6.19 Å². The van der Waals surface area contributed by atoms with Gasteiger partial charge in [0.15, 0.2) is 6.19 Å². The first-order valence-electron chi connectivity index (χ1n) is 8.14. The standard InChI is InChI=1S/C19H20N4O3/c1-19(2)17(24)16(14-9-13(25-3)6-7-15(14)26-19)23-18(22-11-20)12-5-4-8-21-10-12/h4-10,16-17,24H,1-3H3,(H,22,23). The van der Waals surface area contributed by atoms with Crippen molar-refractivity contribution in [3.63, 3.8) is 0 Å². The summed E-state index contributed by atoms with van der Waals surface area (Å²) in [7, 11) is 1.57. The Hall–Kier alpha value is -3.11. The molecule has 0 saturated heterocycles. The van der Waals surface area contributed by atoms with Crippen LogP contribution in [-0.4, -0.2) is 34.7 Å². The lowest BCUT2D eigenvalue weighted by atomic mass is 9.86. The fourth-order valence-corrected chi connectivity index (χ4v) is 2.89. The number of aliphatic imine (C=N–C) groups is 1. The highest BCUT2D eigenvalue weighted by atomic mass is 16.5. The second-order valence-corrected chi connectivity index (χ2v) is 6.46. The Morgan fingerprint density at radius 2 is 2.23 bits per heavy atom. The van der Waals surface area contributed by atoms with Crippen molar-refractivity contribution < 1.29 is 14.6 Å². The van der Waals surface area contributed by atoms with Crippen molar-refractivity contribution in [2.24, 2.45) is 4.99 Å². The molecule has 0 spiro atoms. The highest BCUT2D eigenvalue weighted by Crippen LogP contribution is 2.43. The number of nitrogens with one attached hydrogen (secondary N) is 1. The predicted molar refractivity (Wildman–Crippen MR) is 96.0 cm³/mol. The van der Waals surface area contributed by atoms with E-state index in [2.05, 4.69) is 15.3 Å². The smallest absolute Gasteiger partial charge is 0.182 e. The zero-order valence-corrected chi connectivity index (χ0v) is 14.8. The van der Waals surface area contributed by atoms with Crippen LogP contribution < -0.4 is 14.8 Å². The molecule has 2 heterocycles. The summed E-state index contributed by atoms with van der Waals surface area (Å²) in [6.45, 7) is 3.60. The van der Waals surface area contributed by atoms with Crippen LogP contribution in [0.1, 0.15) is 31.0 Å². The zero-order valence-electron chi connectivity index (χ0n) is 14.8. The van der Waals surface area contributed by atoms with Gasteiger partial charge in [0.2, 0.25) is 0 Å². The highest BCUT2D eigenvalue weighted by molar-refractivity contribution is 5.99. The van der Waals surface area contributed by atoms with Gasteiger partial charge in [0, 0.05) is 23.5 Å². The van der Waals surface area contributed by atoms with E-state index in [4.69, 9.17) is 14.7 Å². The van der Waals surface area contributed by atoms with E-state index in [1.54, 1.807) is 63.7 Å². The third-order valence-electron chi connectivity index (χ3n) is 4.30. The maximum atomic E-state index is 10.9. The van der Waals surface area contributed by atoms with Crippen LogP contribution in [0.3, 0.4) is 0 Å². The SMILES string of the molecule is COc1ccc2c(c1)C(N=C(NC#N)c1cccnc1)C(O)C(C)(C)O2. The summed E-state index contributed by atoms with van der Waals surface area (Å²) in [4.78, 5) is 8.71. The third kappa shape index (κ3) is 3.32. The molecule has 2 unspecified atom stereocenters. The molecule has 1 aliphatic heterocycles. The fraction of sp³-hybridized carbons (Fsp3) is 0.316. The molecule has 0 radical (unpaired) electrons. The molecule has 1 aromatic heterocycles. The first-order chi connectivity index (χ1) is 12.5. The van der Waals surface area contributed by atoms with Crippen LogP contribution in [-0.2, 0) is 0 Å². The number of hydrogen-bond acceptors (Lipinski definition) is 6. The van der Waals surface area contributed by atoms with Crippen molar-refractivity contribution >= 4 is 5.84 Å². The van der Waals surface area contributed by atoms with Gasteiger partial charge in [-0.15, -0.1) is 0 Å². The van der Waals surface area contributed by atoms with Gasteiger partial charge < -0.3 is 14.6 Å². The van der Waals surface area contributed by atoms with E-state index < -0.39 is 17.7 Å². The van der Waals surface area contributed by atoms with Crippen LogP contribution >= 0.6 is 0 Å². The lowest BCUT2D eigenvalue weighted by Crippen LogP contribution is -2.48. The lowest BCUT2D eigenvalue weighted by molar-refractivity contribution is -0.0567. The minimum absolute atomic E-state index is 0.330. The van der Waals surface area contributed by atoms with Crippen LogP contribution in [0.2, 0.25) is 0 Å². The summed E-state index contributed by atoms with van der Waals surface area (Å²) in [5, 5.41) is 22.6. The summed E-state index contributed by atoms with van der Waals surface area (Å²) in [6.07, 6.45) is 4.21. The number of rotatable bonds is 3. The first kappa shape index (κ1) is 17.7. The molecule has 1 aromatic carbocycles. The number of amidine groups is 1. The van der Waals surface area contributed by atoms with E-state index in [1.165, 1.54) is 0 Å². The number of aromatic nitrogens is 1. The summed E-state index contributed by atoms with van der Waals surface area (Å²) in [5.41, 5.74) is 0.495. The van der Waals surface area contributed by atoms with Crippen molar-refractivity contribution in [1.29, 1.82) is 5.26 Å². The molecule has 2 atom stereocenters. The monoisotopic (exact) mass is 352 g/mol. The van der Waals surface area contributed by atoms with Gasteiger partial charge in [-0.05, 0) is 44.2 Å². The predicted octanol–water partition coefficient (Wildman–Crippen LogP) is 2.18. The number of nitriles is 1. The van der Waals surface area contributed by atoms with E-state index in [0.717, 1.165) is 0 Å². The summed E-state index contributed by atoms with van der Waals surface area (Å²) in [6, 6.07) is 8.29. The van der Waals surface area contributed by atoms with Crippen molar-refractivity contribution in [2.75, 3.05) is 7.11 Å². The van der Waals surface area contributed by atoms with Crippen molar-refractivity contribution in [3.8, 4) is 17.7 Å². The molecule has 0 amide bonds. The molecule has 134 valence electrons. The Balaban J connectivity index is 2.13. The van der Waals surface area contributed by atoms with E-state index in [9.17, 15) is 5.11 Å². The Bertz CT molecular complexity index is 859. The second kappa shape index (κ2) is 7.02. The van der Waals surface area contributed by atoms with Crippen molar-refractivity contribution in [1.82, 2.24) is 10.3 Å². The summed E-state index contributed by atoms with van der Waals surface area (Å²) < 4.78 is 11.2. The van der Waals surface area contributed by atoms with Gasteiger partial charge in [-0.3, -0.25) is 15.3 Å². The minimum Gasteiger partial charge on any atom is -0.497 e. The molecular weight excluding hydrogens is 332 g/mol. The molecule has 0 aliphatic carbocycles. The number of hydrogen-bond donors (Lipinski definition) is 2. The molecule has 3 rings (SSSR count). The van der Waals surface area contributed by atoms with Gasteiger partial charge in [0.25, 0.3) is 0 Å². The minimum atomic E-state index is -0.922. The number of methoxy groups -OCH3 is 1. The maximum Gasteiger partial charge on any atom is 0.182 e. The Morgan fingerprint density at radius 1 is 1.42 bits per heavy atom. The Labute approximate surface area is 151 Å². The van der Waals surface area contributed by atoms with Crippen molar-refractivity contribution in [2.45, 2.75) is 31.6 Å². The Kier molecular flexibility index (Phi) is 4.78. The number of ether oxygens (including phenoxy) is 2. The Morgan fingerprint density at radius 3 is 2.88 bits per heavy atom. The molecule has 26 heavy (non-hydrogen) atoms. The third-order valence-corrected chi connectivity index (χ3v) is 4.30. The van der Waals surface area contributed by atoms with Crippen LogP contribution in [0.15, 0.2) is 47.7 Å². The van der Waals surface area contributed by atoms with E-state index in [0.29, 0.717) is 28.5 Å². The highest BCUT2D eigenvalue weighted by Gasteiger charge is 2.43. The number of fused-ring (bicyclic) bond motifs is 1. The average molecular weight is 352 g/mol. The second-order valence-electron chi connectivity index (χ2n) is 6.46. The van der Waals surface area contributed by atoms with Gasteiger partial charge in [0.05, 0.1) is 7.11 Å². The van der Waals surface area contributed by atoms with Gasteiger partial charge in [0.1, 0.15) is 35.1 Å². The van der Waals surface area contributed by atoms with Crippen LogP contribution in [0, 0.1) is 11.5 Å². The summed E-state index contributed by atoms with van der Waals surface area (Å²) in [5.74, 6) is 1.59. The van der Waals surface area contributed by atoms with E-state index in [-0.39, 0.29) is 0 Å². The number of nitrogens with zero attached hydrogens (tertiary/aromatic N) is 3. The molecule has 0 fully saturated rings. The van der Waals surface area contributed by atoms with Gasteiger partial charge >= 0.3 is 0 Å². The fourth-order valence-electron chi connectivity index (χ4n) is 2.89. The lowest BCUT2D eigenvalue weighted by Gasteiger charge is -2.40. The molecule has 7 heteroatoms. The number of aliphatic hydroxyl groups excluding tert-OH is 1. The van der Waals surface area contributed by atoms with Crippen LogP contribution in [0.25, 0.3) is 0 Å². The molecular formula is C19H20N4O3. The maximum absolute atomic E-state index is 10.9. The molecule has 0 saturated carbocycles. The number of aliphatic hydroxyl groups is 1. The topological polar surface area (TPSA) is 99.8 Å². The average Bonchev–Trinajstić information content (AvgIpc) is 2.65. The summed E-state index contributed by atoms with van der Waals surface area (Å²) >= 11 is 0. The number of benzene rings is 1. The first-order valence-corrected chi connectivity index (χ1v) is 8.14. The molecule has 2 aromatic rings. The molecule has 2 N–H and O–H groups in total. The molecule has 1 aliphatic rings. The normalized spacial score (nSPS) is 21.1. The van der Waals surface area contributed by atoms with Gasteiger partial charge in [-0.2, -0.15) is 5.26 Å². The largest absolute Gasteiger partial charge is 0.497 e. The van der Waals surface area contributed by atoms with E-state index >= 15 is 0 Å². The van der Waals surface area contributed by atoms with Gasteiger partial charge in [-0.1, -0.05) is 0 Å². The molecule has 0 bridgehead atoms. The number of pyridine rings is 1. The van der Waals surface area contributed by atoms with Gasteiger partial charge in [-0.25, -0.2) is 0 Å². The molecule has 7 nitrogen and oxygen atoms in total. The quantitative estimate of drug-likeness (QED) is 0.380. The van der Waals surface area contributed by atoms with Crippen molar-refractivity contribution in [3.05, 3.63) is 53.9 Å².